The third-order valence-corrected chi connectivity index (χ3v) is 5.91. The Kier molecular flexibility index (Phi) is 4.32. The van der Waals surface area contributed by atoms with Gasteiger partial charge < -0.3 is 15.7 Å². The third kappa shape index (κ3) is 3.27. The van der Waals surface area contributed by atoms with E-state index in [-0.39, 0.29) is 17.7 Å². The number of allylic oxidation sites excluding steroid dienone is 2. The third-order valence-electron chi connectivity index (χ3n) is 5.91. The van der Waals surface area contributed by atoms with Gasteiger partial charge in [0, 0.05) is 22.9 Å². The van der Waals surface area contributed by atoms with E-state index in [1.165, 1.54) is 11.1 Å². The predicted octanol–water partition coefficient (Wildman–Crippen LogP) is 5.47. The highest BCUT2D eigenvalue weighted by Gasteiger charge is 2.37. The number of fused-ring (bicyclic) bond motifs is 3. The molecule has 1 aliphatic carbocycles. The molecule has 3 N–H and O–H groups in total. The van der Waals surface area contributed by atoms with Crippen molar-refractivity contribution < 1.29 is 9.90 Å². The molecule has 29 heavy (non-hydrogen) atoms. The molecule has 0 bridgehead atoms. The Morgan fingerprint density at radius 3 is 2.59 bits per heavy atom. The van der Waals surface area contributed by atoms with E-state index in [0.717, 1.165) is 17.8 Å². The first-order valence-electron chi connectivity index (χ1n) is 9.91. The van der Waals surface area contributed by atoms with Gasteiger partial charge >= 0.3 is 0 Å². The molecule has 144 valence electrons. The molecule has 4 nitrogen and oxygen atoms in total. The molecule has 1 amide bonds. The number of nitrogens with one attached hydrogen (secondary N) is 2. The molecule has 5 rings (SSSR count). The molecule has 3 aromatic carbocycles. The minimum Gasteiger partial charge on any atom is -0.508 e. The Labute approximate surface area is 169 Å². The van der Waals surface area contributed by atoms with E-state index in [9.17, 15) is 9.90 Å². The van der Waals surface area contributed by atoms with Crippen molar-refractivity contribution in [2.45, 2.75) is 18.4 Å². The van der Waals surface area contributed by atoms with Crippen molar-refractivity contribution in [2.24, 2.45) is 5.92 Å². The largest absolute Gasteiger partial charge is 0.508 e. The molecule has 1 heterocycles. The summed E-state index contributed by atoms with van der Waals surface area (Å²) >= 11 is 0. The molecule has 0 saturated heterocycles. The van der Waals surface area contributed by atoms with E-state index in [0.29, 0.717) is 17.4 Å². The molecule has 0 spiro atoms. The Hall–Kier alpha value is -3.53. The number of anilines is 2. The summed E-state index contributed by atoms with van der Waals surface area (Å²) in [5.41, 5.74) is 4.93. The van der Waals surface area contributed by atoms with Gasteiger partial charge in [-0.3, -0.25) is 4.79 Å². The summed E-state index contributed by atoms with van der Waals surface area (Å²) < 4.78 is 0. The summed E-state index contributed by atoms with van der Waals surface area (Å²) in [6, 6.07) is 23.0. The second-order valence-corrected chi connectivity index (χ2v) is 7.69. The van der Waals surface area contributed by atoms with Crippen LogP contribution in [0.2, 0.25) is 0 Å². The van der Waals surface area contributed by atoms with Crippen LogP contribution in [0.1, 0.15) is 39.9 Å². The van der Waals surface area contributed by atoms with Crippen LogP contribution in [0.15, 0.2) is 84.9 Å². The summed E-state index contributed by atoms with van der Waals surface area (Å²) in [5.74, 6) is 0.894. The van der Waals surface area contributed by atoms with Crippen LogP contribution in [0, 0.1) is 5.92 Å². The topological polar surface area (TPSA) is 61.4 Å². The lowest BCUT2D eigenvalue weighted by molar-refractivity contribution is 0.102. The number of carbonyl (C=O) groups is 1. The summed E-state index contributed by atoms with van der Waals surface area (Å²) in [5, 5.41) is 16.3. The molecule has 1 aliphatic heterocycles. The zero-order valence-corrected chi connectivity index (χ0v) is 15.9. The first-order chi connectivity index (χ1) is 14.2. The van der Waals surface area contributed by atoms with E-state index in [1.807, 2.05) is 54.6 Å². The number of benzene rings is 3. The summed E-state index contributed by atoms with van der Waals surface area (Å²) in [6.07, 6.45) is 5.53. The maximum Gasteiger partial charge on any atom is 0.255 e. The monoisotopic (exact) mass is 382 g/mol. The van der Waals surface area contributed by atoms with Crippen LogP contribution in [0.25, 0.3) is 0 Å². The molecule has 4 heteroatoms. The molecule has 3 unspecified atom stereocenters. The standard InChI is InChI=1S/C25H22N2O2/c28-19-12-9-16(10-13-19)24-21-8-4-7-20(21)22-15-18(11-14-23(22)27-24)26-25(29)17-5-2-1-3-6-17/h1-7,9-15,20-21,24,27-28H,8H2,(H,26,29). The van der Waals surface area contributed by atoms with Crippen molar-refractivity contribution in [1.82, 2.24) is 0 Å². The highest BCUT2D eigenvalue weighted by Crippen LogP contribution is 2.50. The lowest BCUT2D eigenvalue weighted by Gasteiger charge is -2.37. The number of carbonyl (C=O) groups excluding carboxylic acids is 1. The zero-order valence-electron chi connectivity index (χ0n) is 15.9. The number of rotatable bonds is 3. The fraction of sp³-hybridized carbons (Fsp3) is 0.160. The highest BCUT2D eigenvalue weighted by molar-refractivity contribution is 6.04. The molecule has 0 aromatic heterocycles. The molecular weight excluding hydrogens is 360 g/mol. The summed E-state index contributed by atoms with van der Waals surface area (Å²) in [7, 11) is 0. The lowest BCUT2D eigenvalue weighted by Crippen LogP contribution is -2.29. The van der Waals surface area contributed by atoms with E-state index in [4.69, 9.17) is 0 Å². The van der Waals surface area contributed by atoms with Crippen molar-refractivity contribution in [2.75, 3.05) is 10.6 Å². The van der Waals surface area contributed by atoms with Crippen molar-refractivity contribution in [3.05, 3.63) is 102 Å². The first-order valence-corrected chi connectivity index (χ1v) is 9.91. The van der Waals surface area contributed by atoms with Crippen molar-refractivity contribution in [3.8, 4) is 5.75 Å². The van der Waals surface area contributed by atoms with E-state index >= 15 is 0 Å². The molecule has 0 saturated carbocycles. The number of hydrogen-bond acceptors (Lipinski definition) is 3. The number of phenolic OH excluding ortho intramolecular Hbond substituents is 1. The van der Waals surface area contributed by atoms with Gasteiger partial charge in [-0.1, -0.05) is 42.5 Å². The Balaban J connectivity index is 1.44. The molecule has 0 radical (unpaired) electrons. The van der Waals surface area contributed by atoms with Crippen LogP contribution in [0.3, 0.4) is 0 Å². The fourth-order valence-corrected chi connectivity index (χ4v) is 4.48. The molecular formula is C25H22N2O2. The van der Waals surface area contributed by atoms with Crippen LogP contribution in [0.4, 0.5) is 11.4 Å². The highest BCUT2D eigenvalue weighted by atomic mass is 16.3. The van der Waals surface area contributed by atoms with Crippen molar-refractivity contribution >= 4 is 17.3 Å². The zero-order chi connectivity index (χ0) is 19.8. The number of phenols is 1. The average Bonchev–Trinajstić information content (AvgIpc) is 3.25. The quantitative estimate of drug-likeness (QED) is 0.526. The Bertz CT molecular complexity index is 1070. The van der Waals surface area contributed by atoms with Gasteiger partial charge in [0.15, 0.2) is 0 Å². The normalized spacial score (nSPS) is 21.7. The van der Waals surface area contributed by atoms with Gasteiger partial charge in [0.25, 0.3) is 5.91 Å². The van der Waals surface area contributed by atoms with Crippen LogP contribution in [-0.4, -0.2) is 11.0 Å². The van der Waals surface area contributed by atoms with Crippen LogP contribution in [-0.2, 0) is 0 Å². The molecule has 3 atom stereocenters. The maximum absolute atomic E-state index is 12.5. The van der Waals surface area contributed by atoms with Gasteiger partial charge in [-0.2, -0.15) is 0 Å². The Morgan fingerprint density at radius 1 is 1.00 bits per heavy atom. The first kappa shape index (κ1) is 17.6. The van der Waals surface area contributed by atoms with Crippen LogP contribution in [0.5, 0.6) is 5.75 Å². The number of aromatic hydroxyl groups is 1. The number of amides is 1. The van der Waals surface area contributed by atoms with Crippen LogP contribution >= 0.6 is 0 Å². The SMILES string of the molecule is O=C(Nc1ccc2c(c1)C1C=CCC1C(c1ccc(O)cc1)N2)c1ccccc1. The predicted molar refractivity (Wildman–Crippen MR) is 115 cm³/mol. The maximum atomic E-state index is 12.5. The van der Waals surface area contributed by atoms with Crippen molar-refractivity contribution in [1.29, 1.82) is 0 Å². The lowest BCUT2D eigenvalue weighted by atomic mass is 9.77. The summed E-state index contributed by atoms with van der Waals surface area (Å²) in [6.45, 7) is 0. The van der Waals surface area contributed by atoms with Gasteiger partial charge in [0.05, 0.1) is 6.04 Å². The molecule has 3 aromatic rings. The van der Waals surface area contributed by atoms with Gasteiger partial charge in [0.2, 0.25) is 0 Å². The molecule has 2 aliphatic rings. The van der Waals surface area contributed by atoms with Gasteiger partial charge in [-0.05, 0) is 65.9 Å². The van der Waals surface area contributed by atoms with Gasteiger partial charge in [-0.25, -0.2) is 0 Å². The van der Waals surface area contributed by atoms with Crippen LogP contribution < -0.4 is 10.6 Å². The average molecular weight is 382 g/mol. The van der Waals surface area contributed by atoms with E-state index in [2.05, 4.69) is 28.9 Å². The second kappa shape index (κ2) is 7.13. The summed E-state index contributed by atoms with van der Waals surface area (Å²) in [4.78, 5) is 12.5. The number of hydrogen-bond donors (Lipinski definition) is 3. The second-order valence-electron chi connectivity index (χ2n) is 7.69. The minimum atomic E-state index is -0.102. The van der Waals surface area contributed by atoms with Crippen molar-refractivity contribution in [3.63, 3.8) is 0 Å². The smallest absolute Gasteiger partial charge is 0.255 e. The van der Waals surface area contributed by atoms with Gasteiger partial charge in [-0.15, -0.1) is 0 Å². The van der Waals surface area contributed by atoms with E-state index in [1.54, 1.807) is 12.1 Å². The van der Waals surface area contributed by atoms with Gasteiger partial charge in [0.1, 0.15) is 5.75 Å². The van der Waals surface area contributed by atoms with E-state index < -0.39 is 0 Å². The minimum absolute atomic E-state index is 0.102. The fourth-order valence-electron chi connectivity index (χ4n) is 4.48. The Morgan fingerprint density at radius 2 is 1.79 bits per heavy atom. The molecule has 0 fully saturated rings.